The summed E-state index contributed by atoms with van der Waals surface area (Å²) >= 11 is 0. The fourth-order valence-corrected chi connectivity index (χ4v) is 3.59. The average molecular weight is 316 g/mol. The quantitative estimate of drug-likeness (QED) is 0.282. The molecule has 0 spiro atoms. The SMILES string of the molecule is [O-][n+]1c2c(n(O)c1-c1cccc(O)c1)-c1cccc3cccc-2c13. The van der Waals surface area contributed by atoms with Gasteiger partial charge in [0, 0.05) is 16.5 Å². The predicted octanol–water partition coefficient (Wildman–Crippen LogP) is 3.53. The Labute approximate surface area is 136 Å². The zero-order valence-electron chi connectivity index (χ0n) is 12.5. The van der Waals surface area contributed by atoms with Gasteiger partial charge in [-0.25, -0.2) is 4.73 Å². The third-order valence-electron chi connectivity index (χ3n) is 4.55. The van der Waals surface area contributed by atoms with Crippen LogP contribution in [0.3, 0.4) is 0 Å². The average Bonchev–Trinajstić information content (AvgIpc) is 3.04. The van der Waals surface area contributed by atoms with Crippen LogP contribution in [0.2, 0.25) is 0 Å². The van der Waals surface area contributed by atoms with Crippen LogP contribution in [-0.4, -0.2) is 15.0 Å². The molecular weight excluding hydrogens is 304 g/mol. The van der Waals surface area contributed by atoms with Crippen molar-refractivity contribution in [3.63, 3.8) is 0 Å². The second-order valence-corrected chi connectivity index (χ2v) is 5.89. The molecule has 0 saturated carbocycles. The lowest BCUT2D eigenvalue weighted by Crippen LogP contribution is -2.29. The van der Waals surface area contributed by atoms with Gasteiger partial charge in [-0.2, -0.15) is 0 Å². The minimum atomic E-state index is 0.0383. The lowest BCUT2D eigenvalue weighted by atomic mass is 10.0. The number of benzene rings is 3. The summed E-state index contributed by atoms with van der Waals surface area (Å²) in [7, 11) is 0. The summed E-state index contributed by atoms with van der Waals surface area (Å²) in [5.74, 6) is 0.124. The van der Waals surface area contributed by atoms with Crippen molar-refractivity contribution in [1.82, 2.24) is 4.73 Å². The number of aromatic hydroxyl groups is 1. The Bertz CT molecular complexity index is 1080. The second kappa shape index (κ2) is 4.29. The molecule has 0 saturated heterocycles. The minimum Gasteiger partial charge on any atom is -0.710 e. The van der Waals surface area contributed by atoms with Crippen LogP contribution in [0, 0.1) is 5.21 Å². The van der Waals surface area contributed by atoms with Crippen molar-refractivity contribution in [2.45, 2.75) is 0 Å². The summed E-state index contributed by atoms with van der Waals surface area (Å²) in [5.41, 5.74) is 3.00. The Hall–Kier alpha value is -3.47. The van der Waals surface area contributed by atoms with Gasteiger partial charge in [0.15, 0.2) is 5.69 Å². The summed E-state index contributed by atoms with van der Waals surface area (Å²) in [4.78, 5) is 0. The second-order valence-electron chi connectivity index (χ2n) is 5.89. The van der Waals surface area contributed by atoms with Crippen LogP contribution in [-0.2, 0) is 0 Å². The normalized spacial score (nSPS) is 11.8. The Balaban J connectivity index is 1.90. The van der Waals surface area contributed by atoms with Crippen LogP contribution in [0.25, 0.3) is 44.7 Å². The van der Waals surface area contributed by atoms with Gasteiger partial charge >= 0.3 is 5.82 Å². The van der Waals surface area contributed by atoms with E-state index < -0.39 is 0 Å². The van der Waals surface area contributed by atoms with Gasteiger partial charge in [-0.3, -0.25) is 0 Å². The first-order valence-electron chi connectivity index (χ1n) is 7.56. The van der Waals surface area contributed by atoms with Crippen molar-refractivity contribution in [2.75, 3.05) is 0 Å². The molecule has 0 atom stereocenters. The number of hydrogen-bond donors (Lipinski definition) is 2. The third kappa shape index (κ3) is 1.46. The largest absolute Gasteiger partial charge is 0.710 e. The number of phenolic OH excluding ortho intramolecular Hbond substituents is 1. The predicted molar refractivity (Wildman–Crippen MR) is 89.6 cm³/mol. The van der Waals surface area contributed by atoms with Crippen LogP contribution in [0.4, 0.5) is 0 Å². The van der Waals surface area contributed by atoms with E-state index >= 15 is 0 Å². The highest BCUT2D eigenvalue weighted by molar-refractivity contribution is 6.13. The molecule has 0 unspecified atom stereocenters. The highest BCUT2D eigenvalue weighted by Crippen LogP contribution is 2.46. The van der Waals surface area contributed by atoms with Crippen LogP contribution in [0.5, 0.6) is 5.75 Å². The maximum Gasteiger partial charge on any atom is 0.332 e. The minimum absolute atomic E-state index is 0.0383. The van der Waals surface area contributed by atoms with E-state index in [1.807, 2.05) is 36.4 Å². The molecule has 5 nitrogen and oxygen atoms in total. The Morgan fingerprint density at radius 3 is 2.38 bits per heavy atom. The molecule has 1 aromatic heterocycles. The number of phenols is 1. The van der Waals surface area contributed by atoms with Gasteiger partial charge in [-0.15, -0.1) is 0 Å². The standard InChI is InChI=1S/C19H12N2O3/c22-13-7-1-6-12(10-13)19-20(23)17-14-8-2-4-11-5-3-9-15(16(11)14)18(17)21(19)24/h1-10,22-23H. The number of nitrogens with zero attached hydrogens (tertiary/aromatic N) is 2. The van der Waals surface area contributed by atoms with Gasteiger partial charge < -0.3 is 15.5 Å². The highest BCUT2D eigenvalue weighted by atomic mass is 16.5. The van der Waals surface area contributed by atoms with Crippen molar-refractivity contribution >= 4 is 10.8 Å². The van der Waals surface area contributed by atoms with E-state index in [9.17, 15) is 15.5 Å². The monoisotopic (exact) mass is 316 g/mol. The Morgan fingerprint density at radius 1 is 0.917 bits per heavy atom. The zero-order valence-corrected chi connectivity index (χ0v) is 12.5. The third-order valence-corrected chi connectivity index (χ3v) is 4.55. The molecule has 1 heterocycles. The molecule has 0 amide bonds. The molecule has 2 N–H and O–H groups in total. The smallest absolute Gasteiger partial charge is 0.332 e. The van der Waals surface area contributed by atoms with Crippen LogP contribution in [0.1, 0.15) is 0 Å². The molecular formula is C19H12N2O3. The maximum atomic E-state index is 13.0. The van der Waals surface area contributed by atoms with Crippen molar-refractivity contribution in [1.29, 1.82) is 0 Å². The molecule has 5 rings (SSSR count). The molecule has 4 aromatic rings. The number of aromatic nitrogens is 2. The van der Waals surface area contributed by atoms with E-state index in [0.717, 1.165) is 31.4 Å². The van der Waals surface area contributed by atoms with E-state index in [1.165, 1.54) is 12.1 Å². The van der Waals surface area contributed by atoms with E-state index in [-0.39, 0.29) is 11.6 Å². The molecule has 5 heteroatoms. The van der Waals surface area contributed by atoms with Crippen molar-refractivity contribution in [2.24, 2.45) is 0 Å². The fourth-order valence-electron chi connectivity index (χ4n) is 3.59. The van der Waals surface area contributed by atoms with Gasteiger partial charge in [0.05, 0.1) is 5.56 Å². The van der Waals surface area contributed by atoms with Gasteiger partial charge in [-0.05, 0) is 40.4 Å². The molecule has 0 fully saturated rings. The van der Waals surface area contributed by atoms with Crippen LogP contribution >= 0.6 is 0 Å². The number of rotatable bonds is 1. The van der Waals surface area contributed by atoms with E-state index in [4.69, 9.17) is 0 Å². The zero-order chi connectivity index (χ0) is 16.4. The van der Waals surface area contributed by atoms with E-state index in [1.54, 1.807) is 12.1 Å². The number of imidazole rings is 1. The van der Waals surface area contributed by atoms with Crippen LogP contribution in [0.15, 0.2) is 60.7 Å². The van der Waals surface area contributed by atoms with Crippen molar-refractivity contribution in [3.8, 4) is 39.7 Å². The Morgan fingerprint density at radius 2 is 1.62 bits per heavy atom. The lowest BCUT2D eigenvalue weighted by Gasteiger charge is -2.07. The molecule has 0 aliphatic heterocycles. The van der Waals surface area contributed by atoms with Crippen molar-refractivity contribution < 1.29 is 15.0 Å². The number of hydrogen-bond acceptors (Lipinski definition) is 3. The van der Waals surface area contributed by atoms with Crippen LogP contribution < -0.4 is 4.73 Å². The Kier molecular flexibility index (Phi) is 2.33. The molecule has 1 aliphatic carbocycles. The first kappa shape index (κ1) is 13.0. The summed E-state index contributed by atoms with van der Waals surface area (Å²) in [6.07, 6.45) is 0. The maximum absolute atomic E-state index is 13.0. The summed E-state index contributed by atoms with van der Waals surface area (Å²) < 4.78 is 1.66. The highest BCUT2D eigenvalue weighted by Gasteiger charge is 2.37. The van der Waals surface area contributed by atoms with Gasteiger partial charge in [0.2, 0.25) is 5.69 Å². The molecule has 0 bridgehead atoms. The topological polar surface area (TPSA) is 72.3 Å². The molecule has 116 valence electrons. The van der Waals surface area contributed by atoms with Gasteiger partial charge in [-0.1, -0.05) is 30.3 Å². The molecule has 1 aliphatic rings. The van der Waals surface area contributed by atoms with E-state index in [2.05, 4.69) is 0 Å². The lowest BCUT2D eigenvalue weighted by molar-refractivity contribution is -0.582. The van der Waals surface area contributed by atoms with E-state index in [0.29, 0.717) is 17.0 Å². The summed E-state index contributed by atoms with van der Waals surface area (Å²) in [6.45, 7) is 0. The summed E-state index contributed by atoms with van der Waals surface area (Å²) in [5, 5.41) is 35.4. The first-order valence-corrected chi connectivity index (χ1v) is 7.56. The molecule has 0 radical (unpaired) electrons. The number of fused-ring (bicyclic) bond motifs is 3. The summed E-state index contributed by atoms with van der Waals surface area (Å²) in [6, 6.07) is 17.9. The molecule has 24 heavy (non-hydrogen) atoms. The van der Waals surface area contributed by atoms with Gasteiger partial charge in [0.1, 0.15) is 5.75 Å². The molecule has 3 aromatic carbocycles. The van der Waals surface area contributed by atoms with Crippen molar-refractivity contribution in [3.05, 3.63) is 65.9 Å². The van der Waals surface area contributed by atoms with Gasteiger partial charge in [0.25, 0.3) is 0 Å². The first-order chi connectivity index (χ1) is 11.7. The fraction of sp³-hybridized carbons (Fsp3) is 0.